The molecule has 0 radical (unpaired) electrons. The van der Waals surface area contributed by atoms with Gasteiger partial charge in [0.2, 0.25) is 11.0 Å². The van der Waals surface area contributed by atoms with E-state index in [0.717, 1.165) is 15.0 Å². The van der Waals surface area contributed by atoms with Crippen LogP contribution in [-0.4, -0.2) is 56.3 Å². The normalized spacial score (nSPS) is 10.4. The molecule has 0 aliphatic carbocycles. The second-order valence-electron chi connectivity index (χ2n) is 5.05. The van der Waals surface area contributed by atoms with Gasteiger partial charge in [-0.1, -0.05) is 29.2 Å². The maximum absolute atomic E-state index is 12.0. The lowest BCUT2D eigenvalue weighted by atomic mass is 10.2. The first-order chi connectivity index (χ1) is 12.7. The summed E-state index contributed by atoms with van der Waals surface area (Å²) in [5.74, 6) is 1.49. The lowest BCUT2D eigenvalue weighted by molar-refractivity contribution is -0.118. The largest absolute Gasteiger partial charge is 0.493 e. The minimum absolute atomic E-state index is 0.0751. The molecule has 0 bridgehead atoms. The second kappa shape index (κ2) is 10.8. The number of hydrogen-bond acceptors (Lipinski definition) is 9. The number of rotatable bonds is 11. The fraction of sp³-hybridized carbons (Fsp3) is 0.438. The summed E-state index contributed by atoms with van der Waals surface area (Å²) in [5, 5.41) is 14.8. The maximum Gasteiger partial charge on any atom is 0.230 e. The van der Waals surface area contributed by atoms with Crippen molar-refractivity contribution in [2.75, 3.05) is 45.6 Å². The van der Waals surface area contributed by atoms with Crippen molar-refractivity contribution in [1.82, 2.24) is 15.5 Å². The number of anilines is 1. The molecule has 0 aliphatic rings. The molecule has 0 saturated heterocycles. The van der Waals surface area contributed by atoms with Gasteiger partial charge in [0.25, 0.3) is 0 Å². The van der Waals surface area contributed by atoms with Crippen LogP contribution in [0, 0.1) is 0 Å². The molecule has 0 spiro atoms. The molecule has 2 N–H and O–H groups in total. The molecule has 0 saturated carbocycles. The average Bonchev–Trinajstić information content (AvgIpc) is 3.12. The number of benzene rings is 1. The highest BCUT2D eigenvalue weighted by Crippen LogP contribution is 2.27. The first-order valence-corrected chi connectivity index (χ1v) is 9.63. The van der Waals surface area contributed by atoms with Crippen molar-refractivity contribution in [2.45, 2.75) is 10.9 Å². The number of ether oxygens (including phenoxy) is 3. The molecule has 1 aromatic heterocycles. The SMILES string of the molecule is COCCNc1nnc(SCC(=O)NCc2ccc(OC)c(OC)c2)s1. The topological polar surface area (TPSA) is 94.6 Å². The molecular formula is C16H22N4O4S2. The van der Waals surface area contributed by atoms with E-state index >= 15 is 0 Å². The molecular weight excluding hydrogens is 376 g/mol. The number of hydrogen-bond donors (Lipinski definition) is 2. The third-order valence-electron chi connectivity index (χ3n) is 3.25. The van der Waals surface area contributed by atoms with Gasteiger partial charge in [-0.05, 0) is 17.7 Å². The highest BCUT2D eigenvalue weighted by Gasteiger charge is 2.09. The van der Waals surface area contributed by atoms with E-state index in [1.807, 2.05) is 18.2 Å². The lowest BCUT2D eigenvalue weighted by Gasteiger charge is -2.10. The van der Waals surface area contributed by atoms with Crippen LogP contribution in [0.3, 0.4) is 0 Å². The Morgan fingerprint density at radius 2 is 2.00 bits per heavy atom. The number of carbonyl (C=O) groups excluding carboxylic acids is 1. The summed E-state index contributed by atoms with van der Waals surface area (Å²) in [4.78, 5) is 12.0. The average molecular weight is 399 g/mol. The molecule has 1 heterocycles. The molecule has 2 aromatic rings. The van der Waals surface area contributed by atoms with Gasteiger partial charge in [0.15, 0.2) is 15.8 Å². The number of methoxy groups -OCH3 is 3. The van der Waals surface area contributed by atoms with E-state index in [0.29, 0.717) is 31.2 Å². The van der Waals surface area contributed by atoms with Crippen LogP contribution in [0.1, 0.15) is 5.56 Å². The fourth-order valence-electron chi connectivity index (χ4n) is 1.97. The van der Waals surface area contributed by atoms with Crippen LogP contribution in [0.5, 0.6) is 11.5 Å². The molecule has 26 heavy (non-hydrogen) atoms. The lowest BCUT2D eigenvalue weighted by Crippen LogP contribution is -2.24. The van der Waals surface area contributed by atoms with Gasteiger partial charge >= 0.3 is 0 Å². The summed E-state index contributed by atoms with van der Waals surface area (Å²) in [5.41, 5.74) is 0.932. The van der Waals surface area contributed by atoms with Crippen LogP contribution in [0.2, 0.25) is 0 Å². The van der Waals surface area contributed by atoms with Gasteiger partial charge in [-0.25, -0.2) is 0 Å². The van der Waals surface area contributed by atoms with Crippen molar-refractivity contribution in [3.63, 3.8) is 0 Å². The number of thioether (sulfide) groups is 1. The Labute approximate surface area is 160 Å². The first kappa shape index (κ1) is 20.3. The van der Waals surface area contributed by atoms with Crippen molar-refractivity contribution in [1.29, 1.82) is 0 Å². The van der Waals surface area contributed by atoms with Crippen LogP contribution in [-0.2, 0) is 16.1 Å². The van der Waals surface area contributed by atoms with E-state index in [9.17, 15) is 4.79 Å². The molecule has 142 valence electrons. The summed E-state index contributed by atoms with van der Waals surface area (Å²) in [6.45, 7) is 1.68. The van der Waals surface area contributed by atoms with Crippen molar-refractivity contribution in [3.05, 3.63) is 23.8 Å². The van der Waals surface area contributed by atoms with Crippen LogP contribution in [0.25, 0.3) is 0 Å². The molecule has 1 aromatic carbocycles. The number of amides is 1. The molecule has 0 atom stereocenters. The Hall–Kier alpha value is -2.04. The third-order valence-corrected chi connectivity index (χ3v) is 5.27. The van der Waals surface area contributed by atoms with E-state index in [4.69, 9.17) is 14.2 Å². The van der Waals surface area contributed by atoms with Crippen molar-refractivity contribution < 1.29 is 19.0 Å². The summed E-state index contributed by atoms with van der Waals surface area (Å²) < 4.78 is 16.2. The third kappa shape index (κ3) is 6.36. The molecule has 0 unspecified atom stereocenters. The Morgan fingerprint density at radius 3 is 2.73 bits per heavy atom. The minimum Gasteiger partial charge on any atom is -0.493 e. The summed E-state index contributed by atoms with van der Waals surface area (Å²) in [6, 6.07) is 5.54. The first-order valence-electron chi connectivity index (χ1n) is 7.83. The monoisotopic (exact) mass is 398 g/mol. The van der Waals surface area contributed by atoms with E-state index in [1.54, 1.807) is 21.3 Å². The molecule has 0 aliphatic heterocycles. The number of carbonyl (C=O) groups is 1. The molecule has 0 fully saturated rings. The number of nitrogens with zero attached hydrogens (tertiary/aromatic N) is 2. The van der Waals surface area contributed by atoms with Gasteiger partial charge in [0.1, 0.15) is 0 Å². The summed E-state index contributed by atoms with van der Waals surface area (Å²) >= 11 is 2.77. The van der Waals surface area contributed by atoms with Gasteiger partial charge in [-0.2, -0.15) is 0 Å². The maximum atomic E-state index is 12.0. The standard InChI is InChI=1S/C16H22N4O4S2/c1-22-7-6-17-15-19-20-16(26-15)25-10-14(21)18-9-11-4-5-12(23-2)13(8-11)24-3/h4-5,8H,6-7,9-10H2,1-3H3,(H,17,19)(H,18,21). The number of aromatic nitrogens is 2. The van der Waals surface area contributed by atoms with Gasteiger partial charge in [-0.3, -0.25) is 4.79 Å². The van der Waals surface area contributed by atoms with Crippen LogP contribution >= 0.6 is 23.1 Å². The fourth-order valence-corrected chi connectivity index (χ4v) is 3.58. The molecule has 1 amide bonds. The van der Waals surface area contributed by atoms with E-state index in [1.165, 1.54) is 23.1 Å². The van der Waals surface area contributed by atoms with Crippen LogP contribution in [0.15, 0.2) is 22.5 Å². The zero-order valence-corrected chi connectivity index (χ0v) is 16.5. The van der Waals surface area contributed by atoms with Crippen molar-refractivity contribution >= 4 is 34.1 Å². The van der Waals surface area contributed by atoms with Gasteiger partial charge in [-0.15, -0.1) is 10.2 Å². The Kier molecular flexibility index (Phi) is 8.45. The molecule has 10 heteroatoms. The summed E-state index contributed by atoms with van der Waals surface area (Å²) in [7, 11) is 4.81. The van der Waals surface area contributed by atoms with E-state index in [2.05, 4.69) is 20.8 Å². The smallest absolute Gasteiger partial charge is 0.230 e. The Balaban J connectivity index is 1.75. The van der Waals surface area contributed by atoms with Gasteiger partial charge < -0.3 is 24.8 Å². The van der Waals surface area contributed by atoms with Gasteiger partial charge in [0, 0.05) is 20.2 Å². The molecule has 2 rings (SSSR count). The Bertz CT molecular complexity index is 711. The van der Waals surface area contributed by atoms with Crippen molar-refractivity contribution in [2.24, 2.45) is 0 Å². The van der Waals surface area contributed by atoms with E-state index in [-0.39, 0.29) is 11.7 Å². The Morgan fingerprint density at radius 1 is 1.19 bits per heavy atom. The zero-order valence-electron chi connectivity index (χ0n) is 14.9. The summed E-state index contributed by atoms with van der Waals surface area (Å²) in [6.07, 6.45) is 0. The predicted octanol–water partition coefficient (Wildman–Crippen LogP) is 2.02. The minimum atomic E-state index is -0.0751. The highest BCUT2D eigenvalue weighted by atomic mass is 32.2. The van der Waals surface area contributed by atoms with Crippen LogP contribution in [0.4, 0.5) is 5.13 Å². The molecule has 8 nitrogen and oxygen atoms in total. The van der Waals surface area contributed by atoms with E-state index < -0.39 is 0 Å². The van der Waals surface area contributed by atoms with Crippen molar-refractivity contribution in [3.8, 4) is 11.5 Å². The zero-order chi connectivity index (χ0) is 18.8. The van der Waals surface area contributed by atoms with Crippen LogP contribution < -0.4 is 20.1 Å². The predicted molar refractivity (Wildman–Crippen MR) is 102 cm³/mol. The quantitative estimate of drug-likeness (QED) is 0.439. The second-order valence-corrected chi connectivity index (χ2v) is 7.25. The number of nitrogens with one attached hydrogen (secondary N) is 2. The highest BCUT2D eigenvalue weighted by molar-refractivity contribution is 8.01. The van der Waals surface area contributed by atoms with Gasteiger partial charge in [0.05, 0.1) is 26.6 Å².